The minimum absolute atomic E-state index is 0.329. The molecule has 2 N–H and O–H groups in total. The molecule has 0 atom stereocenters. The summed E-state index contributed by atoms with van der Waals surface area (Å²) in [5.74, 6) is 0.329. The molecule has 0 amide bonds. The van der Waals surface area contributed by atoms with Crippen LogP contribution in [0.2, 0.25) is 0 Å². The smallest absolute Gasteiger partial charge is 0.132 e. The summed E-state index contributed by atoms with van der Waals surface area (Å²) in [5.41, 5.74) is 2.06. The molecule has 0 aromatic heterocycles. The summed E-state index contributed by atoms with van der Waals surface area (Å²) in [7, 11) is 1.90. The normalized spacial score (nSPS) is 10.2. The molecule has 0 fully saturated rings. The van der Waals surface area contributed by atoms with Crippen molar-refractivity contribution in [1.29, 1.82) is 0 Å². The molecule has 0 saturated heterocycles. The summed E-state index contributed by atoms with van der Waals surface area (Å²) in [5, 5.41) is 12.5. The van der Waals surface area contributed by atoms with Crippen LogP contribution >= 0.6 is 15.9 Å². The van der Waals surface area contributed by atoms with E-state index in [0.717, 1.165) is 16.6 Å². The summed E-state index contributed by atoms with van der Waals surface area (Å²) in [6.45, 7) is 2.71. The molecule has 2 nitrogen and oxygen atoms in total. The predicted octanol–water partition coefficient (Wildman–Crippen LogP) is 2.18. The fraction of sp³-hybridized carbons (Fsp3) is 0.333. The van der Waals surface area contributed by atoms with E-state index in [1.807, 2.05) is 26.1 Å². The molecule has 0 aliphatic carbocycles. The van der Waals surface area contributed by atoms with Crippen LogP contribution < -0.4 is 5.32 Å². The van der Waals surface area contributed by atoms with E-state index in [1.165, 1.54) is 5.56 Å². The second kappa shape index (κ2) is 3.92. The number of hydrogen-bond acceptors (Lipinski definition) is 2. The summed E-state index contributed by atoms with van der Waals surface area (Å²) >= 11 is 3.29. The summed E-state index contributed by atoms with van der Waals surface area (Å²) in [4.78, 5) is 0. The van der Waals surface area contributed by atoms with Crippen LogP contribution in [0.3, 0.4) is 0 Å². The molecule has 1 aromatic rings. The molecule has 0 aliphatic heterocycles. The van der Waals surface area contributed by atoms with Crippen LogP contribution in [0.25, 0.3) is 0 Å². The van der Waals surface area contributed by atoms with Crippen molar-refractivity contribution in [3.05, 3.63) is 27.7 Å². The fourth-order valence-corrected chi connectivity index (χ4v) is 1.72. The van der Waals surface area contributed by atoms with Crippen molar-refractivity contribution in [3.63, 3.8) is 0 Å². The third-order valence-corrected chi connectivity index (χ3v) is 2.30. The zero-order chi connectivity index (χ0) is 9.14. The molecule has 1 aromatic carbocycles. The van der Waals surface area contributed by atoms with Crippen LogP contribution in [0.15, 0.2) is 16.6 Å². The number of nitrogens with one attached hydrogen (secondary N) is 1. The first kappa shape index (κ1) is 9.55. The Morgan fingerprint density at radius 1 is 1.50 bits per heavy atom. The van der Waals surface area contributed by atoms with Crippen LogP contribution in [0.1, 0.15) is 11.1 Å². The number of benzene rings is 1. The van der Waals surface area contributed by atoms with E-state index in [1.54, 1.807) is 0 Å². The summed E-state index contributed by atoms with van der Waals surface area (Å²) in [6, 6.07) is 3.88. The molecule has 66 valence electrons. The Kier molecular flexibility index (Phi) is 3.12. The van der Waals surface area contributed by atoms with E-state index in [0.29, 0.717) is 5.75 Å². The first-order chi connectivity index (χ1) is 5.65. The van der Waals surface area contributed by atoms with Gasteiger partial charge in [0.05, 0.1) is 4.47 Å². The molecule has 3 heteroatoms. The van der Waals surface area contributed by atoms with Crippen LogP contribution in [-0.2, 0) is 6.54 Å². The van der Waals surface area contributed by atoms with Crippen LogP contribution in [0, 0.1) is 6.92 Å². The Hall–Kier alpha value is -0.540. The van der Waals surface area contributed by atoms with Gasteiger partial charge in [0, 0.05) is 6.54 Å². The first-order valence-electron chi connectivity index (χ1n) is 3.77. The lowest BCUT2D eigenvalue weighted by molar-refractivity contribution is 0.467. The van der Waals surface area contributed by atoms with Gasteiger partial charge in [-0.25, -0.2) is 0 Å². The zero-order valence-electron chi connectivity index (χ0n) is 7.19. The van der Waals surface area contributed by atoms with Gasteiger partial charge in [-0.2, -0.15) is 0 Å². The molecule has 0 bridgehead atoms. The summed E-state index contributed by atoms with van der Waals surface area (Å²) in [6.07, 6.45) is 0. The van der Waals surface area contributed by atoms with Gasteiger partial charge in [0.15, 0.2) is 0 Å². The maximum Gasteiger partial charge on any atom is 0.132 e. The van der Waals surface area contributed by atoms with Crippen molar-refractivity contribution >= 4 is 15.9 Å². The molecular weight excluding hydrogens is 218 g/mol. The maximum absolute atomic E-state index is 9.43. The van der Waals surface area contributed by atoms with E-state index < -0.39 is 0 Å². The number of hydrogen-bond donors (Lipinski definition) is 2. The number of phenols is 1. The van der Waals surface area contributed by atoms with E-state index in [-0.39, 0.29) is 0 Å². The molecule has 0 saturated carbocycles. The van der Waals surface area contributed by atoms with Gasteiger partial charge in [-0.3, -0.25) is 0 Å². The Labute approximate surface area is 80.7 Å². The number of halogens is 1. The third kappa shape index (κ3) is 1.99. The molecule has 0 heterocycles. The van der Waals surface area contributed by atoms with Crippen LogP contribution in [0.4, 0.5) is 0 Å². The van der Waals surface area contributed by atoms with Gasteiger partial charge in [0.1, 0.15) is 5.75 Å². The largest absolute Gasteiger partial charge is 0.506 e. The first-order valence-corrected chi connectivity index (χ1v) is 4.57. The van der Waals surface area contributed by atoms with Crippen molar-refractivity contribution in [2.24, 2.45) is 0 Å². The lowest BCUT2D eigenvalue weighted by Crippen LogP contribution is -2.05. The Morgan fingerprint density at radius 3 is 2.67 bits per heavy atom. The van der Waals surface area contributed by atoms with Crippen molar-refractivity contribution in [2.75, 3.05) is 7.05 Å². The number of aromatic hydroxyl groups is 1. The van der Waals surface area contributed by atoms with Gasteiger partial charge in [0.2, 0.25) is 0 Å². The van der Waals surface area contributed by atoms with Gasteiger partial charge in [0.25, 0.3) is 0 Å². The number of phenolic OH excluding ortho intramolecular Hbond substituents is 1. The highest BCUT2D eigenvalue weighted by atomic mass is 79.9. The quantitative estimate of drug-likeness (QED) is 0.816. The van der Waals surface area contributed by atoms with E-state index in [2.05, 4.69) is 21.2 Å². The maximum atomic E-state index is 9.43. The molecule has 0 radical (unpaired) electrons. The highest BCUT2D eigenvalue weighted by Gasteiger charge is 2.03. The average Bonchev–Trinajstić information content (AvgIpc) is 2.01. The fourth-order valence-electron chi connectivity index (χ4n) is 1.11. The second-order valence-corrected chi connectivity index (χ2v) is 3.63. The van der Waals surface area contributed by atoms with Gasteiger partial charge >= 0.3 is 0 Å². The summed E-state index contributed by atoms with van der Waals surface area (Å²) < 4.78 is 0.757. The molecule has 0 aliphatic rings. The Bertz CT molecular complexity index is 263. The van der Waals surface area contributed by atoms with Crippen molar-refractivity contribution in [1.82, 2.24) is 5.32 Å². The molecule has 1 rings (SSSR count). The average molecular weight is 230 g/mol. The molecule has 12 heavy (non-hydrogen) atoms. The minimum atomic E-state index is 0.329. The highest BCUT2D eigenvalue weighted by molar-refractivity contribution is 9.10. The Morgan fingerprint density at radius 2 is 2.17 bits per heavy atom. The molecule has 0 spiro atoms. The van der Waals surface area contributed by atoms with Crippen LogP contribution in [0.5, 0.6) is 5.75 Å². The standard InChI is InChI=1S/C9H12BrNO/c1-6-3-7(5-11-2)4-8(10)9(6)12/h3-4,11-12H,5H2,1-2H3. The SMILES string of the molecule is CNCc1cc(C)c(O)c(Br)c1. The molecule has 0 unspecified atom stereocenters. The zero-order valence-corrected chi connectivity index (χ0v) is 8.77. The monoisotopic (exact) mass is 229 g/mol. The number of rotatable bonds is 2. The lowest BCUT2D eigenvalue weighted by atomic mass is 10.1. The predicted molar refractivity (Wildman–Crippen MR) is 53.3 cm³/mol. The Balaban J connectivity index is 3.04. The van der Waals surface area contributed by atoms with E-state index >= 15 is 0 Å². The highest BCUT2D eigenvalue weighted by Crippen LogP contribution is 2.28. The topological polar surface area (TPSA) is 32.3 Å². The van der Waals surface area contributed by atoms with E-state index in [4.69, 9.17) is 0 Å². The van der Waals surface area contributed by atoms with Crippen molar-refractivity contribution < 1.29 is 5.11 Å². The third-order valence-electron chi connectivity index (χ3n) is 1.69. The number of aryl methyl sites for hydroxylation is 1. The van der Waals surface area contributed by atoms with Gasteiger partial charge in [-0.15, -0.1) is 0 Å². The van der Waals surface area contributed by atoms with Crippen molar-refractivity contribution in [2.45, 2.75) is 13.5 Å². The minimum Gasteiger partial charge on any atom is -0.506 e. The van der Waals surface area contributed by atoms with Crippen molar-refractivity contribution in [3.8, 4) is 5.75 Å². The van der Waals surface area contributed by atoms with Crippen LogP contribution in [-0.4, -0.2) is 12.2 Å². The molecular formula is C9H12BrNO. The van der Waals surface area contributed by atoms with Gasteiger partial charge in [-0.1, -0.05) is 6.07 Å². The second-order valence-electron chi connectivity index (χ2n) is 2.77. The lowest BCUT2D eigenvalue weighted by Gasteiger charge is -2.05. The van der Waals surface area contributed by atoms with E-state index in [9.17, 15) is 5.11 Å². The van der Waals surface area contributed by atoms with Gasteiger partial charge in [-0.05, 0) is 47.1 Å². The van der Waals surface area contributed by atoms with Gasteiger partial charge < -0.3 is 10.4 Å².